The van der Waals surface area contributed by atoms with Gasteiger partial charge in [-0.05, 0) is 56.4 Å². The average Bonchev–Trinajstić information content (AvgIpc) is 3.30. The number of carbonyl (C=O) groups is 1. The van der Waals surface area contributed by atoms with E-state index in [9.17, 15) is 4.79 Å². The van der Waals surface area contributed by atoms with E-state index in [1.54, 1.807) is 19.4 Å². The van der Waals surface area contributed by atoms with Crippen LogP contribution in [0.25, 0.3) is 22.8 Å². The SMILES string of the molecule is COc1cccc(-c2cnc(-c3ccccc3C(=O)NCCC3=CCCCC3)o2)c1. The molecule has 0 bridgehead atoms. The molecule has 0 spiro atoms. The van der Waals surface area contributed by atoms with Gasteiger partial charge in [0.15, 0.2) is 5.76 Å². The molecule has 0 fully saturated rings. The number of allylic oxidation sites excluding steroid dienone is 1. The number of hydrogen-bond donors (Lipinski definition) is 1. The van der Waals surface area contributed by atoms with Gasteiger partial charge in [-0.1, -0.05) is 35.9 Å². The second kappa shape index (κ2) is 9.44. The molecule has 5 nitrogen and oxygen atoms in total. The minimum Gasteiger partial charge on any atom is -0.497 e. The quantitative estimate of drug-likeness (QED) is 0.520. The normalized spacial score (nSPS) is 13.6. The van der Waals surface area contributed by atoms with Crippen molar-refractivity contribution in [2.24, 2.45) is 0 Å². The highest BCUT2D eigenvalue weighted by Gasteiger charge is 2.17. The molecule has 4 rings (SSSR count). The Morgan fingerprint density at radius 2 is 2.07 bits per heavy atom. The van der Waals surface area contributed by atoms with E-state index in [1.807, 2.05) is 42.5 Å². The van der Waals surface area contributed by atoms with Crippen molar-refractivity contribution in [2.45, 2.75) is 32.1 Å². The van der Waals surface area contributed by atoms with Crippen LogP contribution in [-0.4, -0.2) is 24.5 Å². The molecule has 0 radical (unpaired) electrons. The minimum atomic E-state index is -0.108. The number of ether oxygens (including phenoxy) is 1. The van der Waals surface area contributed by atoms with Gasteiger partial charge in [0.25, 0.3) is 5.91 Å². The fourth-order valence-corrected chi connectivity index (χ4v) is 3.74. The number of methoxy groups -OCH3 is 1. The molecule has 30 heavy (non-hydrogen) atoms. The zero-order chi connectivity index (χ0) is 20.8. The highest BCUT2D eigenvalue weighted by Crippen LogP contribution is 2.30. The van der Waals surface area contributed by atoms with E-state index in [0.29, 0.717) is 29.3 Å². The fourth-order valence-electron chi connectivity index (χ4n) is 3.74. The molecular weight excluding hydrogens is 376 g/mol. The molecule has 1 heterocycles. The zero-order valence-corrected chi connectivity index (χ0v) is 17.2. The van der Waals surface area contributed by atoms with Crippen molar-refractivity contribution in [1.82, 2.24) is 10.3 Å². The standard InChI is InChI=1S/C25H26N2O3/c1-29-20-11-7-10-19(16-20)23-17-27-25(30-23)22-13-6-5-12-21(22)24(28)26-15-14-18-8-3-2-4-9-18/h5-8,10-13,16-17H,2-4,9,14-15H2,1H3,(H,26,28). The van der Waals surface area contributed by atoms with Crippen molar-refractivity contribution in [3.8, 4) is 28.5 Å². The molecule has 0 unspecified atom stereocenters. The number of rotatable bonds is 7. The summed E-state index contributed by atoms with van der Waals surface area (Å²) in [7, 11) is 1.63. The van der Waals surface area contributed by atoms with Gasteiger partial charge in [-0.25, -0.2) is 4.98 Å². The van der Waals surface area contributed by atoms with Crippen molar-refractivity contribution in [3.63, 3.8) is 0 Å². The van der Waals surface area contributed by atoms with Crippen LogP contribution in [-0.2, 0) is 0 Å². The number of amides is 1. The molecule has 1 amide bonds. The van der Waals surface area contributed by atoms with E-state index in [1.165, 1.54) is 18.4 Å². The monoisotopic (exact) mass is 402 g/mol. The zero-order valence-electron chi connectivity index (χ0n) is 17.2. The molecule has 154 valence electrons. The van der Waals surface area contributed by atoms with Crippen LogP contribution in [0, 0.1) is 0 Å². The molecule has 1 N–H and O–H groups in total. The van der Waals surface area contributed by atoms with E-state index in [-0.39, 0.29) is 5.91 Å². The highest BCUT2D eigenvalue weighted by atomic mass is 16.5. The maximum absolute atomic E-state index is 12.8. The van der Waals surface area contributed by atoms with E-state index in [2.05, 4.69) is 16.4 Å². The minimum absolute atomic E-state index is 0.108. The maximum atomic E-state index is 12.8. The van der Waals surface area contributed by atoms with Crippen molar-refractivity contribution in [1.29, 1.82) is 0 Å². The van der Waals surface area contributed by atoms with Crippen molar-refractivity contribution in [3.05, 3.63) is 71.9 Å². The van der Waals surface area contributed by atoms with E-state index >= 15 is 0 Å². The van der Waals surface area contributed by atoms with Gasteiger partial charge in [0.05, 0.1) is 18.9 Å². The van der Waals surface area contributed by atoms with Gasteiger partial charge < -0.3 is 14.5 Å². The number of aromatic nitrogens is 1. The van der Waals surface area contributed by atoms with Crippen LogP contribution in [0.1, 0.15) is 42.5 Å². The predicted molar refractivity (Wildman–Crippen MR) is 117 cm³/mol. The van der Waals surface area contributed by atoms with Crippen molar-refractivity contribution in [2.75, 3.05) is 13.7 Å². The first-order valence-corrected chi connectivity index (χ1v) is 10.4. The molecule has 3 aromatic rings. The average molecular weight is 402 g/mol. The van der Waals surface area contributed by atoms with E-state index in [4.69, 9.17) is 9.15 Å². The maximum Gasteiger partial charge on any atom is 0.252 e. The van der Waals surface area contributed by atoms with Crippen LogP contribution in [0.3, 0.4) is 0 Å². The van der Waals surface area contributed by atoms with Gasteiger partial charge in [-0.15, -0.1) is 0 Å². The van der Waals surface area contributed by atoms with Gasteiger partial charge in [-0.3, -0.25) is 4.79 Å². The van der Waals surface area contributed by atoms with Crippen LogP contribution in [0.2, 0.25) is 0 Å². The number of carbonyl (C=O) groups excluding carboxylic acids is 1. The summed E-state index contributed by atoms with van der Waals surface area (Å²) in [4.78, 5) is 17.2. The van der Waals surface area contributed by atoms with Gasteiger partial charge >= 0.3 is 0 Å². The Labute approximate surface area is 176 Å². The molecule has 0 aliphatic heterocycles. The van der Waals surface area contributed by atoms with Crippen LogP contribution in [0.15, 0.2) is 70.8 Å². The van der Waals surface area contributed by atoms with Crippen molar-refractivity contribution < 1.29 is 13.9 Å². The lowest BCUT2D eigenvalue weighted by Crippen LogP contribution is -2.25. The molecule has 2 aromatic carbocycles. The lowest BCUT2D eigenvalue weighted by molar-refractivity contribution is 0.0954. The van der Waals surface area contributed by atoms with Gasteiger partial charge in [-0.2, -0.15) is 0 Å². The smallest absolute Gasteiger partial charge is 0.252 e. The Kier molecular flexibility index (Phi) is 6.28. The van der Waals surface area contributed by atoms with Crippen LogP contribution < -0.4 is 10.1 Å². The Balaban J connectivity index is 1.49. The summed E-state index contributed by atoms with van der Waals surface area (Å²) in [5, 5.41) is 3.04. The molecule has 1 aliphatic carbocycles. The molecular formula is C25H26N2O3. The third-order valence-corrected chi connectivity index (χ3v) is 5.38. The fraction of sp³-hybridized carbons (Fsp3) is 0.280. The van der Waals surface area contributed by atoms with Crippen molar-refractivity contribution >= 4 is 5.91 Å². The molecule has 0 saturated carbocycles. The Bertz CT molecular complexity index is 1050. The Morgan fingerprint density at radius 3 is 2.90 bits per heavy atom. The summed E-state index contributed by atoms with van der Waals surface area (Å²) >= 11 is 0. The summed E-state index contributed by atoms with van der Waals surface area (Å²) in [6.07, 6.45) is 9.74. The number of hydrogen-bond acceptors (Lipinski definition) is 4. The topological polar surface area (TPSA) is 64.4 Å². The summed E-state index contributed by atoms with van der Waals surface area (Å²) in [6, 6.07) is 15.0. The first-order valence-electron chi connectivity index (χ1n) is 10.4. The van der Waals surface area contributed by atoms with Gasteiger partial charge in [0.2, 0.25) is 5.89 Å². The second-order valence-electron chi connectivity index (χ2n) is 7.42. The van der Waals surface area contributed by atoms with E-state index in [0.717, 1.165) is 30.6 Å². The molecule has 1 aliphatic rings. The third-order valence-electron chi connectivity index (χ3n) is 5.38. The number of oxazole rings is 1. The Hall–Kier alpha value is -3.34. The summed E-state index contributed by atoms with van der Waals surface area (Å²) < 4.78 is 11.3. The van der Waals surface area contributed by atoms with Crippen LogP contribution in [0.5, 0.6) is 5.75 Å². The largest absolute Gasteiger partial charge is 0.497 e. The first-order chi connectivity index (χ1) is 14.7. The summed E-state index contributed by atoms with van der Waals surface area (Å²) in [5.41, 5.74) is 3.57. The van der Waals surface area contributed by atoms with Crippen LogP contribution >= 0.6 is 0 Å². The lowest BCUT2D eigenvalue weighted by Gasteiger charge is -2.13. The van der Waals surface area contributed by atoms with Gasteiger partial charge in [0.1, 0.15) is 5.75 Å². The molecule has 0 atom stereocenters. The Morgan fingerprint density at radius 1 is 1.17 bits per heavy atom. The molecule has 1 aromatic heterocycles. The van der Waals surface area contributed by atoms with E-state index < -0.39 is 0 Å². The molecule has 5 heteroatoms. The summed E-state index contributed by atoms with van der Waals surface area (Å²) in [6.45, 7) is 0.639. The highest BCUT2D eigenvalue weighted by molar-refractivity contribution is 6.00. The lowest BCUT2D eigenvalue weighted by atomic mass is 9.97. The number of nitrogens with zero attached hydrogens (tertiary/aromatic N) is 1. The number of benzene rings is 2. The van der Waals surface area contributed by atoms with Gasteiger partial charge in [0, 0.05) is 17.7 Å². The number of nitrogens with one attached hydrogen (secondary N) is 1. The first kappa shape index (κ1) is 20.0. The molecule has 0 saturated heterocycles. The summed E-state index contributed by atoms with van der Waals surface area (Å²) in [5.74, 6) is 1.69. The van der Waals surface area contributed by atoms with Crippen LogP contribution in [0.4, 0.5) is 0 Å². The predicted octanol–water partition coefficient (Wildman–Crippen LogP) is 5.64. The third kappa shape index (κ3) is 4.62. The second-order valence-corrected chi connectivity index (χ2v) is 7.42.